The van der Waals surface area contributed by atoms with Crippen molar-refractivity contribution < 1.29 is 17.9 Å². The van der Waals surface area contributed by atoms with Crippen LogP contribution in [0.1, 0.15) is 16.8 Å². The highest BCUT2D eigenvalue weighted by molar-refractivity contribution is 8.13. The number of ether oxygens (including phenoxy) is 1. The second-order valence-corrected chi connectivity index (χ2v) is 7.62. The third-order valence-corrected chi connectivity index (χ3v) is 4.80. The minimum Gasteiger partial charge on any atom is -0.385 e. The number of hydrogen-bond acceptors (Lipinski definition) is 4. The first kappa shape index (κ1) is 18.5. The Hall–Kier alpha value is -0.530. The lowest BCUT2D eigenvalue weighted by molar-refractivity contribution is 0.0779. The van der Waals surface area contributed by atoms with Crippen molar-refractivity contribution in [3.8, 4) is 0 Å². The number of amides is 1. The molecular weight excluding hydrogens is 361 g/mol. The number of nitrogens with zero attached hydrogens (tertiary/aromatic N) is 1. The molecule has 1 amide bonds. The summed E-state index contributed by atoms with van der Waals surface area (Å²) >= 11 is 11.7. The molecule has 0 aromatic heterocycles. The Balaban J connectivity index is 3.10. The summed E-state index contributed by atoms with van der Waals surface area (Å²) < 4.78 is 27.7. The predicted molar refractivity (Wildman–Crippen MR) is 83.0 cm³/mol. The zero-order chi connectivity index (χ0) is 16.2. The van der Waals surface area contributed by atoms with Crippen molar-refractivity contribution in [2.75, 3.05) is 27.3 Å². The number of hydrogen-bond donors (Lipinski definition) is 0. The first-order valence-corrected chi connectivity index (χ1v) is 8.93. The maximum atomic E-state index is 12.3. The number of methoxy groups -OCH3 is 1. The summed E-state index contributed by atoms with van der Waals surface area (Å²) in [6.45, 7) is 0.946. The summed E-state index contributed by atoms with van der Waals surface area (Å²) in [6.07, 6.45) is 0.643. The van der Waals surface area contributed by atoms with Gasteiger partial charge in [0, 0.05) is 38.0 Å². The molecule has 0 bridgehead atoms. The molecular formula is C12H14Cl3NO4S. The molecule has 0 saturated heterocycles. The number of carbonyl (C=O) groups is 1. The molecule has 0 heterocycles. The lowest BCUT2D eigenvalue weighted by Gasteiger charge is -2.18. The van der Waals surface area contributed by atoms with Gasteiger partial charge in [0.1, 0.15) is 4.90 Å². The normalized spacial score (nSPS) is 11.5. The van der Waals surface area contributed by atoms with Crippen molar-refractivity contribution in [2.45, 2.75) is 11.3 Å². The fraction of sp³-hybridized carbons (Fsp3) is 0.417. The fourth-order valence-electron chi connectivity index (χ4n) is 1.63. The van der Waals surface area contributed by atoms with Crippen molar-refractivity contribution in [1.29, 1.82) is 0 Å². The van der Waals surface area contributed by atoms with Gasteiger partial charge in [-0.3, -0.25) is 4.79 Å². The molecule has 0 atom stereocenters. The van der Waals surface area contributed by atoms with Gasteiger partial charge in [0.25, 0.3) is 15.0 Å². The van der Waals surface area contributed by atoms with E-state index in [4.69, 9.17) is 38.6 Å². The monoisotopic (exact) mass is 373 g/mol. The van der Waals surface area contributed by atoms with Crippen LogP contribution in [0.5, 0.6) is 0 Å². The highest BCUT2D eigenvalue weighted by Crippen LogP contribution is 2.31. The average molecular weight is 375 g/mol. The number of rotatable bonds is 6. The molecule has 118 valence electrons. The van der Waals surface area contributed by atoms with Gasteiger partial charge in [0.15, 0.2) is 0 Å². The minimum atomic E-state index is -4.06. The minimum absolute atomic E-state index is 0.0280. The lowest BCUT2D eigenvalue weighted by atomic mass is 10.2. The summed E-state index contributed by atoms with van der Waals surface area (Å²) in [5.74, 6) is -0.422. The highest BCUT2D eigenvalue weighted by atomic mass is 35.7. The van der Waals surface area contributed by atoms with E-state index in [0.29, 0.717) is 19.6 Å². The molecule has 1 aromatic rings. The second-order valence-electron chi connectivity index (χ2n) is 4.27. The van der Waals surface area contributed by atoms with E-state index < -0.39 is 15.0 Å². The summed E-state index contributed by atoms with van der Waals surface area (Å²) in [7, 11) is 4.36. The lowest BCUT2D eigenvalue weighted by Crippen LogP contribution is -2.28. The second kappa shape index (κ2) is 7.65. The molecule has 0 fully saturated rings. The smallest absolute Gasteiger partial charge is 0.262 e. The molecule has 9 heteroatoms. The van der Waals surface area contributed by atoms with E-state index in [2.05, 4.69) is 0 Å². The van der Waals surface area contributed by atoms with Gasteiger partial charge in [0.2, 0.25) is 0 Å². The molecule has 0 radical (unpaired) electrons. The van der Waals surface area contributed by atoms with Crippen LogP contribution >= 0.6 is 33.9 Å². The Kier molecular flexibility index (Phi) is 6.74. The van der Waals surface area contributed by atoms with Crippen molar-refractivity contribution in [3.63, 3.8) is 0 Å². The maximum absolute atomic E-state index is 12.3. The Morgan fingerprint density at radius 3 is 2.43 bits per heavy atom. The summed E-state index contributed by atoms with van der Waals surface area (Å²) in [5, 5.41) is -0.0683. The number of carbonyl (C=O) groups excluding carboxylic acids is 1. The maximum Gasteiger partial charge on any atom is 0.262 e. The third-order valence-electron chi connectivity index (χ3n) is 2.70. The zero-order valence-corrected chi connectivity index (χ0v) is 14.5. The average Bonchev–Trinajstić information content (AvgIpc) is 2.36. The molecule has 1 aromatic carbocycles. The van der Waals surface area contributed by atoms with Crippen LogP contribution in [0.25, 0.3) is 0 Å². The molecule has 0 unspecified atom stereocenters. The SMILES string of the molecule is COCCCN(C)C(=O)c1cc(S(=O)(=O)Cl)c(Cl)cc1Cl. The van der Waals surface area contributed by atoms with Crippen molar-refractivity contribution >= 4 is 48.8 Å². The van der Waals surface area contributed by atoms with E-state index in [9.17, 15) is 13.2 Å². The highest BCUT2D eigenvalue weighted by Gasteiger charge is 2.22. The topological polar surface area (TPSA) is 63.7 Å². The van der Waals surface area contributed by atoms with Gasteiger partial charge in [-0.1, -0.05) is 23.2 Å². The van der Waals surface area contributed by atoms with Crippen molar-refractivity contribution in [2.24, 2.45) is 0 Å². The van der Waals surface area contributed by atoms with Gasteiger partial charge in [-0.15, -0.1) is 0 Å². The Labute approximate surface area is 138 Å². The molecule has 0 aliphatic heterocycles. The molecule has 5 nitrogen and oxygen atoms in total. The van der Waals surface area contributed by atoms with E-state index in [0.717, 1.165) is 6.07 Å². The van der Waals surface area contributed by atoms with Gasteiger partial charge in [-0.05, 0) is 18.6 Å². The van der Waals surface area contributed by atoms with E-state index in [-0.39, 0.29) is 20.5 Å². The molecule has 0 N–H and O–H groups in total. The van der Waals surface area contributed by atoms with Crippen LogP contribution in [0, 0.1) is 0 Å². The van der Waals surface area contributed by atoms with Crippen LogP contribution in [0.2, 0.25) is 10.0 Å². The standard InChI is InChI=1S/C12H14Cl3NO4S/c1-16(4-3-5-20-2)12(17)8-6-11(21(15,18)19)10(14)7-9(8)13/h6-7H,3-5H2,1-2H3. The molecule has 0 aliphatic rings. The molecule has 0 aliphatic carbocycles. The van der Waals surface area contributed by atoms with Crippen LogP contribution in [0.3, 0.4) is 0 Å². The van der Waals surface area contributed by atoms with Gasteiger partial charge in [-0.2, -0.15) is 0 Å². The van der Waals surface area contributed by atoms with Crippen molar-refractivity contribution in [1.82, 2.24) is 4.90 Å². The molecule has 0 spiro atoms. The Morgan fingerprint density at radius 1 is 1.29 bits per heavy atom. The number of halogens is 3. The van der Waals surface area contributed by atoms with Crippen LogP contribution in [-0.4, -0.2) is 46.5 Å². The van der Waals surface area contributed by atoms with E-state index in [1.54, 1.807) is 14.2 Å². The van der Waals surface area contributed by atoms with Gasteiger partial charge < -0.3 is 9.64 Å². The summed E-state index contributed by atoms with van der Waals surface area (Å²) in [5.41, 5.74) is 0.0280. The van der Waals surface area contributed by atoms with Crippen LogP contribution < -0.4 is 0 Å². The van der Waals surface area contributed by atoms with Crippen molar-refractivity contribution in [3.05, 3.63) is 27.7 Å². The summed E-state index contributed by atoms with van der Waals surface area (Å²) in [6, 6.07) is 2.27. The zero-order valence-electron chi connectivity index (χ0n) is 11.4. The quantitative estimate of drug-likeness (QED) is 0.567. The van der Waals surface area contributed by atoms with Crippen LogP contribution in [0.15, 0.2) is 17.0 Å². The predicted octanol–water partition coefficient (Wildman–Crippen LogP) is 3.03. The van der Waals surface area contributed by atoms with Crippen LogP contribution in [0.4, 0.5) is 0 Å². The van der Waals surface area contributed by atoms with Gasteiger partial charge in [-0.25, -0.2) is 8.42 Å². The third kappa shape index (κ3) is 5.00. The Morgan fingerprint density at radius 2 is 1.90 bits per heavy atom. The van der Waals surface area contributed by atoms with E-state index in [1.807, 2.05) is 0 Å². The van der Waals surface area contributed by atoms with Crippen LogP contribution in [-0.2, 0) is 13.8 Å². The fourth-order valence-corrected chi connectivity index (χ4v) is 3.45. The van der Waals surface area contributed by atoms with Gasteiger partial charge >= 0.3 is 0 Å². The van der Waals surface area contributed by atoms with E-state index >= 15 is 0 Å². The Bertz CT molecular complexity index is 634. The molecule has 1 rings (SSSR count). The summed E-state index contributed by atoms with van der Waals surface area (Å²) in [4.78, 5) is 13.3. The first-order valence-electron chi connectivity index (χ1n) is 5.86. The largest absolute Gasteiger partial charge is 0.385 e. The number of benzene rings is 1. The molecule has 21 heavy (non-hydrogen) atoms. The van der Waals surface area contributed by atoms with Gasteiger partial charge in [0.05, 0.1) is 15.6 Å². The first-order chi connectivity index (χ1) is 9.68. The molecule has 0 saturated carbocycles. The van der Waals surface area contributed by atoms with E-state index in [1.165, 1.54) is 11.0 Å².